The summed E-state index contributed by atoms with van der Waals surface area (Å²) < 4.78 is 5.27. The zero-order valence-corrected chi connectivity index (χ0v) is 13.4. The summed E-state index contributed by atoms with van der Waals surface area (Å²) in [6.45, 7) is 6.02. The second-order valence-corrected chi connectivity index (χ2v) is 5.56. The maximum Gasteiger partial charge on any atom is 0.248 e. The molecule has 6 heteroatoms. The van der Waals surface area contributed by atoms with E-state index in [0.29, 0.717) is 18.1 Å². The van der Waals surface area contributed by atoms with Crippen LogP contribution in [-0.2, 0) is 11.2 Å². The van der Waals surface area contributed by atoms with Crippen molar-refractivity contribution < 1.29 is 9.32 Å². The van der Waals surface area contributed by atoms with Gasteiger partial charge in [0.2, 0.25) is 11.8 Å². The molecule has 0 unspecified atom stereocenters. The first kappa shape index (κ1) is 16.0. The molecule has 2 rings (SSSR count). The van der Waals surface area contributed by atoms with Gasteiger partial charge in [-0.2, -0.15) is 4.98 Å². The fraction of sp³-hybridized carbons (Fsp3) is 0.438. The molecule has 118 valence electrons. The number of amides is 1. The van der Waals surface area contributed by atoms with E-state index in [1.807, 2.05) is 45.0 Å². The lowest BCUT2D eigenvalue weighted by atomic mass is 10.1. The molecule has 0 fully saturated rings. The highest BCUT2D eigenvalue weighted by Gasteiger charge is 2.15. The molecule has 0 saturated carbocycles. The molecule has 0 bridgehead atoms. The van der Waals surface area contributed by atoms with Crippen LogP contribution in [0.4, 0.5) is 5.69 Å². The highest BCUT2D eigenvalue weighted by molar-refractivity contribution is 5.78. The van der Waals surface area contributed by atoms with Gasteiger partial charge < -0.3 is 15.2 Å². The Kier molecular flexibility index (Phi) is 5.14. The molecule has 0 spiro atoms. The lowest BCUT2D eigenvalue weighted by molar-refractivity contribution is -0.119. The van der Waals surface area contributed by atoms with Crippen LogP contribution in [-0.4, -0.2) is 23.1 Å². The molecular formula is C16H22N4O2. The number of rotatable bonds is 6. The zero-order chi connectivity index (χ0) is 16.1. The minimum Gasteiger partial charge on any atom is -0.374 e. The predicted octanol–water partition coefficient (Wildman–Crippen LogP) is 2.65. The Hall–Kier alpha value is -2.37. The lowest BCUT2D eigenvalue weighted by Crippen LogP contribution is -2.19. The Labute approximate surface area is 130 Å². The average molecular weight is 302 g/mol. The number of aromatic nitrogens is 2. The number of nitrogens with zero attached hydrogens (tertiary/aromatic N) is 2. The van der Waals surface area contributed by atoms with Crippen LogP contribution in [0.5, 0.6) is 0 Å². The Morgan fingerprint density at radius 1 is 1.23 bits per heavy atom. The van der Waals surface area contributed by atoms with Crippen LogP contribution in [0, 0.1) is 0 Å². The Balaban J connectivity index is 1.98. The van der Waals surface area contributed by atoms with E-state index in [2.05, 4.69) is 20.8 Å². The smallest absolute Gasteiger partial charge is 0.248 e. The molecule has 22 heavy (non-hydrogen) atoms. The van der Waals surface area contributed by atoms with Crippen LogP contribution in [0.15, 0.2) is 28.8 Å². The maximum atomic E-state index is 11.3. The van der Waals surface area contributed by atoms with Crippen molar-refractivity contribution in [1.29, 1.82) is 0 Å². The summed E-state index contributed by atoms with van der Waals surface area (Å²) in [7, 11) is 1.63. The third kappa shape index (κ3) is 4.07. The third-order valence-electron chi connectivity index (χ3n) is 3.32. The SMILES string of the molecule is CNC(=O)Cc1ccc(N[C@@H](C)c2nc(C(C)C)no2)cc1. The first-order valence-electron chi connectivity index (χ1n) is 7.39. The van der Waals surface area contributed by atoms with E-state index >= 15 is 0 Å². The number of nitrogens with one attached hydrogen (secondary N) is 2. The van der Waals surface area contributed by atoms with Crippen LogP contribution in [0.25, 0.3) is 0 Å². The summed E-state index contributed by atoms with van der Waals surface area (Å²) >= 11 is 0. The highest BCUT2D eigenvalue weighted by Crippen LogP contribution is 2.20. The van der Waals surface area contributed by atoms with Gasteiger partial charge in [0.15, 0.2) is 5.82 Å². The van der Waals surface area contributed by atoms with Gasteiger partial charge in [0.25, 0.3) is 0 Å². The predicted molar refractivity (Wildman–Crippen MR) is 84.6 cm³/mol. The number of hydrogen-bond acceptors (Lipinski definition) is 5. The van der Waals surface area contributed by atoms with Gasteiger partial charge >= 0.3 is 0 Å². The van der Waals surface area contributed by atoms with Crippen molar-refractivity contribution >= 4 is 11.6 Å². The van der Waals surface area contributed by atoms with E-state index in [1.165, 1.54) is 0 Å². The quantitative estimate of drug-likeness (QED) is 0.857. The molecule has 0 radical (unpaired) electrons. The number of carbonyl (C=O) groups excluding carboxylic acids is 1. The van der Waals surface area contributed by atoms with E-state index in [4.69, 9.17) is 4.52 Å². The summed E-state index contributed by atoms with van der Waals surface area (Å²) in [5.41, 5.74) is 1.91. The van der Waals surface area contributed by atoms with E-state index < -0.39 is 0 Å². The van der Waals surface area contributed by atoms with Gasteiger partial charge in [-0.15, -0.1) is 0 Å². The molecule has 1 amide bonds. The monoisotopic (exact) mass is 302 g/mol. The second-order valence-electron chi connectivity index (χ2n) is 5.56. The van der Waals surface area contributed by atoms with Crippen molar-refractivity contribution in [3.8, 4) is 0 Å². The minimum atomic E-state index is -0.0789. The fourth-order valence-corrected chi connectivity index (χ4v) is 1.96. The standard InChI is InChI=1S/C16H22N4O2/c1-10(2)15-19-16(22-20-15)11(3)18-13-7-5-12(6-8-13)9-14(21)17-4/h5-8,10-11,18H,9H2,1-4H3,(H,17,21)/t11-/m0/s1. The summed E-state index contributed by atoms with van der Waals surface area (Å²) in [5, 5.41) is 9.88. The summed E-state index contributed by atoms with van der Waals surface area (Å²) in [5.74, 6) is 1.53. The summed E-state index contributed by atoms with van der Waals surface area (Å²) in [6, 6.07) is 7.66. The van der Waals surface area contributed by atoms with Gasteiger partial charge in [0.1, 0.15) is 6.04 Å². The van der Waals surface area contributed by atoms with Crippen LogP contribution < -0.4 is 10.6 Å². The minimum absolute atomic E-state index is 0.00107. The van der Waals surface area contributed by atoms with E-state index in [-0.39, 0.29) is 17.9 Å². The van der Waals surface area contributed by atoms with Crippen molar-refractivity contribution in [2.24, 2.45) is 0 Å². The normalized spacial score (nSPS) is 12.2. The second kappa shape index (κ2) is 7.06. The number of likely N-dealkylation sites (N-methyl/N-ethyl adjacent to an activating group) is 1. The molecule has 1 aromatic heterocycles. The topological polar surface area (TPSA) is 80.0 Å². The van der Waals surface area contributed by atoms with E-state index in [1.54, 1.807) is 7.05 Å². The first-order valence-corrected chi connectivity index (χ1v) is 7.39. The molecule has 1 aromatic carbocycles. The molecule has 0 aliphatic rings. The number of anilines is 1. The van der Waals surface area contributed by atoms with Crippen molar-refractivity contribution in [1.82, 2.24) is 15.5 Å². The zero-order valence-electron chi connectivity index (χ0n) is 13.4. The van der Waals surface area contributed by atoms with Gasteiger partial charge in [-0.3, -0.25) is 4.79 Å². The Morgan fingerprint density at radius 2 is 1.91 bits per heavy atom. The number of benzene rings is 1. The molecule has 1 atom stereocenters. The first-order chi connectivity index (χ1) is 10.5. The van der Waals surface area contributed by atoms with Gasteiger partial charge in [-0.25, -0.2) is 0 Å². The van der Waals surface area contributed by atoms with Gasteiger partial charge in [-0.1, -0.05) is 31.1 Å². The van der Waals surface area contributed by atoms with Crippen molar-refractivity contribution in [3.63, 3.8) is 0 Å². The fourth-order valence-electron chi connectivity index (χ4n) is 1.96. The van der Waals surface area contributed by atoms with Crippen LogP contribution in [0.1, 0.15) is 50.0 Å². The maximum absolute atomic E-state index is 11.3. The van der Waals surface area contributed by atoms with Gasteiger partial charge in [0.05, 0.1) is 6.42 Å². The van der Waals surface area contributed by atoms with Crippen LogP contribution in [0.2, 0.25) is 0 Å². The summed E-state index contributed by atoms with van der Waals surface area (Å²) in [6.07, 6.45) is 0.383. The molecule has 0 aliphatic carbocycles. The largest absolute Gasteiger partial charge is 0.374 e. The Bertz CT molecular complexity index is 619. The highest BCUT2D eigenvalue weighted by atomic mass is 16.5. The van der Waals surface area contributed by atoms with E-state index in [9.17, 15) is 4.79 Å². The van der Waals surface area contributed by atoms with Crippen LogP contribution >= 0.6 is 0 Å². The molecule has 0 aliphatic heterocycles. The number of hydrogen-bond donors (Lipinski definition) is 2. The van der Waals surface area contributed by atoms with Crippen molar-refractivity contribution in [2.45, 2.75) is 39.2 Å². The van der Waals surface area contributed by atoms with Crippen molar-refractivity contribution in [3.05, 3.63) is 41.5 Å². The van der Waals surface area contributed by atoms with Crippen molar-refractivity contribution in [2.75, 3.05) is 12.4 Å². The van der Waals surface area contributed by atoms with Gasteiger partial charge in [0, 0.05) is 18.7 Å². The third-order valence-corrected chi connectivity index (χ3v) is 3.32. The van der Waals surface area contributed by atoms with Gasteiger partial charge in [-0.05, 0) is 24.6 Å². The molecule has 0 saturated heterocycles. The number of carbonyl (C=O) groups is 1. The molecule has 2 aromatic rings. The lowest BCUT2D eigenvalue weighted by Gasteiger charge is -2.11. The molecule has 1 heterocycles. The molecular weight excluding hydrogens is 280 g/mol. The van der Waals surface area contributed by atoms with E-state index in [0.717, 1.165) is 11.3 Å². The average Bonchev–Trinajstić information content (AvgIpc) is 2.99. The Morgan fingerprint density at radius 3 is 2.45 bits per heavy atom. The van der Waals surface area contributed by atoms with Crippen LogP contribution in [0.3, 0.4) is 0 Å². The molecule has 6 nitrogen and oxygen atoms in total. The summed E-state index contributed by atoms with van der Waals surface area (Å²) in [4.78, 5) is 15.7. The molecule has 2 N–H and O–H groups in total.